The molecule has 1 aliphatic heterocycles. The molecule has 1 fully saturated rings. The van der Waals surface area contributed by atoms with E-state index in [1.54, 1.807) is 0 Å². The molecule has 0 amide bonds. The minimum atomic E-state index is -1.06. The number of rotatable bonds is 4. The van der Waals surface area contributed by atoms with Crippen molar-refractivity contribution in [1.29, 1.82) is 0 Å². The largest absolute Gasteiger partial charge is 0.476 e. The lowest BCUT2D eigenvalue weighted by Crippen LogP contribution is -2.47. The fourth-order valence-electron chi connectivity index (χ4n) is 3.14. The van der Waals surface area contributed by atoms with Gasteiger partial charge in [-0.1, -0.05) is 36.4 Å². The maximum Gasteiger partial charge on any atom is 0.360 e. The van der Waals surface area contributed by atoms with Crippen LogP contribution >= 0.6 is 0 Å². The highest BCUT2D eigenvalue weighted by Gasteiger charge is 2.26. The highest BCUT2D eigenvalue weighted by Crippen LogP contribution is 2.22. The van der Waals surface area contributed by atoms with Crippen LogP contribution in [0.15, 0.2) is 60.7 Å². The number of hydrogen-bond acceptors (Lipinski definition) is 5. The van der Waals surface area contributed by atoms with Gasteiger partial charge in [0.2, 0.25) is 5.69 Å². The van der Waals surface area contributed by atoms with Crippen LogP contribution in [0.3, 0.4) is 0 Å². The number of carbonyl (C=O) groups is 1. The van der Waals surface area contributed by atoms with Gasteiger partial charge in [-0.15, -0.1) is 15.0 Å². The molecule has 132 valence electrons. The second-order valence-corrected chi connectivity index (χ2v) is 6.11. The molecule has 0 aliphatic carbocycles. The number of aromatic carboxylic acids is 1. The summed E-state index contributed by atoms with van der Waals surface area (Å²) in [5, 5.41) is 18.2. The summed E-state index contributed by atoms with van der Waals surface area (Å²) in [5.41, 5.74) is 1.91. The van der Waals surface area contributed by atoms with E-state index in [0.717, 1.165) is 18.8 Å². The number of para-hydroxylation sites is 2. The lowest BCUT2D eigenvalue weighted by atomic mass is 10.2. The summed E-state index contributed by atoms with van der Waals surface area (Å²) in [5.74, 6) is -0.637. The first-order chi connectivity index (χ1) is 12.7. The first kappa shape index (κ1) is 16.1. The van der Waals surface area contributed by atoms with Gasteiger partial charge < -0.3 is 14.9 Å². The average Bonchev–Trinajstić information content (AvgIpc) is 3.15. The Labute approximate surface area is 151 Å². The van der Waals surface area contributed by atoms with Gasteiger partial charge >= 0.3 is 5.97 Å². The van der Waals surface area contributed by atoms with Crippen molar-refractivity contribution < 1.29 is 9.90 Å². The van der Waals surface area contributed by atoms with E-state index < -0.39 is 5.97 Å². The normalized spacial score (nSPS) is 14.5. The second kappa shape index (κ2) is 6.87. The summed E-state index contributed by atoms with van der Waals surface area (Å²) in [7, 11) is 0. The van der Waals surface area contributed by atoms with E-state index in [1.165, 1.54) is 10.5 Å². The van der Waals surface area contributed by atoms with Crippen LogP contribution in [-0.2, 0) is 0 Å². The van der Waals surface area contributed by atoms with E-state index in [2.05, 4.69) is 27.2 Å². The van der Waals surface area contributed by atoms with E-state index in [-0.39, 0.29) is 5.69 Å². The average molecular weight is 349 g/mol. The van der Waals surface area contributed by atoms with Gasteiger partial charge in [0.05, 0.1) is 5.69 Å². The topological polar surface area (TPSA) is 74.5 Å². The number of carboxylic acids is 1. The first-order valence-electron chi connectivity index (χ1n) is 8.53. The number of anilines is 2. The maximum atomic E-state index is 11.6. The van der Waals surface area contributed by atoms with Crippen molar-refractivity contribution >= 4 is 17.5 Å². The first-order valence-corrected chi connectivity index (χ1v) is 8.53. The number of benzene rings is 2. The molecule has 0 bridgehead atoms. The highest BCUT2D eigenvalue weighted by molar-refractivity contribution is 5.91. The molecule has 0 radical (unpaired) electrons. The lowest BCUT2D eigenvalue weighted by Gasteiger charge is -2.36. The van der Waals surface area contributed by atoms with Crippen molar-refractivity contribution in [3.8, 4) is 5.69 Å². The molecule has 7 heteroatoms. The molecular formula is C19H19N5O2. The predicted octanol–water partition coefficient (Wildman–Crippen LogP) is 2.29. The standard InChI is InChI=1S/C19H19N5O2/c25-19(26)17-18(21-24(20-17)16-9-5-2-6-10-16)23-13-11-22(12-14-23)15-7-3-1-4-8-15/h1-10H,11-14H2,(H,25,26). The van der Waals surface area contributed by atoms with Crippen molar-refractivity contribution in [1.82, 2.24) is 15.0 Å². The Bertz CT molecular complexity index is 887. The van der Waals surface area contributed by atoms with E-state index in [4.69, 9.17) is 0 Å². The van der Waals surface area contributed by atoms with Gasteiger partial charge in [0.25, 0.3) is 0 Å². The minimum Gasteiger partial charge on any atom is -0.476 e. The Morgan fingerprint density at radius 2 is 1.31 bits per heavy atom. The van der Waals surface area contributed by atoms with Crippen molar-refractivity contribution in [2.24, 2.45) is 0 Å². The Kier molecular flexibility index (Phi) is 4.27. The lowest BCUT2D eigenvalue weighted by molar-refractivity contribution is 0.0690. The molecule has 0 unspecified atom stereocenters. The summed E-state index contributed by atoms with van der Waals surface area (Å²) < 4.78 is 0. The molecule has 1 N–H and O–H groups in total. The van der Waals surface area contributed by atoms with E-state index in [1.807, 2.05) is 53.4 Å². The second-order valence-electron chi connectivity index (χ2n) is 6.11. The predicted molar refractivity (Wildman–Crippen MR) is 99.2 cm³/mol. The highest BCUT2D eigenvalue weighted by atomic mass is 16.4. The molecule has 1 aromatic heterocycles. The van der Waals surface area contributed by atoms with Gasteiger partial charge in [-0.2, -0.15) is 0 Å². The fourth-order valence-corrected chi connectivity index (χ4v) is 3.14. The minimum absolute atomic E-state index is 0.0120. The van der Waals surface area contributed by atoms with E-state index in [0.29, 0.717) is 18.9 Å². The quantitative estimate of drug-likeness (QED) is 0.779. The van der Waals surface area contributed by atoms with Crippen LogP contribution in [0.25, 0.3) is 5.69 Å². The zero-order chi connectivity index (χ0) is 17.9. The van der Waals surface area contributed by atoms with E-state index in [9.17, 15) is 9.90 Å². The van der Waals surface area contributed by atoms with Crippen LogP contribution < -0.4 is 9.80 Å². The van der Waals surface area contributed by atoms with Crippen molar-refractivity contribution in [3.05, 3.63) is 66.4 Å². The number of piperazine rings is 1. The number of hydrogen-bond donors (Lipinski definition) is 1. The molecule has 3 aromatic rings. The Morgan fingerprint density at radius 3 is 1.88 bits per heavy atom. The number of carboxylic acid groups (broad SMARTS) is 1. The third kappa shape index (κ3) is 3.11. The number of aromatic nitrogens is 3. The monoisotopic (exact) mass is 349 g/mol. The van der Waals surface area contributed by atoms with Crippen LogP contribution in [0.2, 0.25) is 0 Å². The molecule has 0 saturated carbocycles. The zero-order valence-corrected chi connectivity index (χ0v) is 14.2. The molecule has 0 atom stereocenters. The number of nitrogens with zero attached hydrogens (tertiary/aromatic N) is 5. The molecule has 1 saturated heterocycles. The smallest absolute Gasteiger partial charge is 0.360 e. The van der Waals surface area contributed by atoms with Crippen LogP contribution in [0, 0.1) is 0 Å². The Hall–Kier alpha value is -3.35. The van der Waals surface area contributed by atoms with Gasteiger partial charge in [0, 0.05) is 31.9 Å². The van der Waals surface area contributed by atoms with Crippen molar-refractivity contribution in [2.75, 3.05) is 36.0 Å². The van der Waals surface area contributed by atoms with E-state index >= 15 is 0 Å². The van der Waals surface area contributed by atoms with Crippen LogP contribution in [0.4, 0.5) is 11.5 Å². The SMILES string of the molecule is O=C(O)c1nn(-c2ccccc2)nc1N1CCN(c2ccccc2)CC1. The third-order valence-corrected chi connectivity index (χ3v) is 4.49. The summed E-state index contributed by atoms with van der Waals surface area (Å²) in [6, 6.07) is 19.6. The molecule has 2 heterocycles. The Morgan fingerprint density at radius 1 is 0.769 bits per heavy atom. The molecule has 1 aliphatic rings. The zero-order valence-electron chi connectivity index (χ0n) is 14.2. The van der Waals surface area contributed by atoms with Crippen molar-refractivity contribution in [3.63, 3.8) is 0 Å². The molecule has 2 aromatic carbocycles. The fraction of sp³-hybridized carbons (Fsp3) is 0.211. The van der Waals surface area contributed by atoms with Crippen LogP contribution in [0.5, 0.6) is 0 Å². The summed E-state index contributed by atoms with van der Waals surface area (Å²) in [6.07, 6.45) is 0. The summed E-state index contributed by atoms with van der Waals surface area (Å²) in [4.78, 5) is 17.3. The van der Waals surface area contributed by atoms with Gasteiger partial charge in [0.1, 0.15) is 0 Å². The third-order valence-electron chi connectivity index (χ3n) is 4.49. The summed E-state index contributed by atoms with van der Waals surface area (Å²) >= 11 is 0. The van der Waals surface area contributed by atoms with Gasteiger partial charge in [-0.05, 0) is 24.3 Å². The van der Waals surface area contributed by atoms with Gasteiger partial charge in [0.15, 0.2) is 5.82 Å². The van der Waals surface area contributed by atoms with Crippen LogP contribution in [-0.4, -0.2) is 52.2 Å². The van der Waals surface area contributed by atoms with Crippen LogP contribution in [0.1, 0.15) is 10.5 Å². The maximum absolute atomic E-state index is 11.6. The Balaban J connectivity index is 1.56. The van der Waals surface area contributed by atoms with Crippen molar-refractivity contribution in [2.45, 2.75) is 0 Å². The van der Waals surface area contributed by atoms with Gasteiger partial charge in [-0.3, -0.25) is 0 Å². The summed E-state index contributed by atoms with van der Waals surface area (Å²) in [6.45, 7) is 3.01. The molecular weight excluding hydrogens is 330 g/mol. The molecule has 26 heavy (non-hydrogen) atoms. The molecule has 4 rings (SSSR count). The van der Waals surface area contributed by atoms with Gasteiger partial charge in [-0.25, -0.2) is 4.79 Å². The molecule has 0 spiro atoms. The molecule has 7 nitrogen and oxygen atoms in total.